The molecule has 0 aliphatic carbocycles. The Labute approximate surface area is 112 Å². The molecule has 1 atom stereocenters. The number of halogens is 2. The summed E-state index contributed by atoms with van der Waals surface area (Å²) >= 11 is 0. The number of benzene rings is 1. The fourth-order valence-corrected chi connectivity index (χ4v) is 3.11. The van der Waals surface area contributed by atoms with E-state index in [4.69, 9.17) is 0 Å². The summed E-state index contributed by atoms with van der Waals surface area (Å²) in [7, 11) is 1.66. The highest BCUT2D eigenvalue weighted by molar-refractivity contribution is 6.08. The molecule has 0 fully saturated rings. The molecule has 0 bridgehead atoms. The molecule has 0 saturated carbocycles. The third-order valence-electron chi connectivity index (χ3n) is 4.39. The first kappa shape index (κ1) is 14.0. The van der Waals surface area contributed by atoms with Crippen molar-refractivity contribution in [2.24, 2.45) is 0 Å². The number of alkyl halides is 2. The average Bonchev–Trinajstić information content (AvgIpc) is 2.48. The van der Waals surface area contributed by atoms with Gasteiger partial charge in [-0.1, -0.05) is 0 Å². The molecule has 1 aromatic rings. The summed E-state index contributed by atoms with van der Waals surface area (Å²) in [4.78, 5) is 13.9. The van der Waals surface area contributed by atoms with Crippen LogP contribution >= 0.6 is 0 Å². The van der Waals surface area contributed by atoms with Gasteiger partial charge >= 0.3 is 0 Å². The zero-order chi connectivity index (χ0) is 14.5. The summed E-state index contributed by atoms with van der Waals surface area (Å²) in [5, 5.41) is 0. The van der Waals surface area contributed by atoms with Gasteiger partial charge in [0.1, 0.15) is 0 Å². The third-order valence-corrected chi connectivity index (χ3v) is 4.39. The van der Waals surface area contributed by atoms with Crippen LogP contribution < -0.4 is 4.90 Å². The van der Waals surface area contributed by atoms with E-state index in [1.165, 1.54) is 4.90 Å². The molecular weight excluding hydrogens is 248 g/mol. The monoisotopic (exact) mass is 267 g/mol. The van der Waals surface area contributed by atoms with Gasteiger partial charge in [0.25, 0.3) is 0 Å². The summed E-state index contributed by atoms with van der Waals surface area (Å²) < 4.78 is 25.7. The topological polar surface area (TPSA) is 20.3 Å². The molecule has 1 aromatic carbocycles. The summed E-state index contributed by atoms with van der Waals surface area (Å²) in [6.45, 7) is 7.49. The normalized spacial score (nSPS) is 22.3. The first-order chi connectivity index (χ1) is 8.70. The number of nitrogens with zero attached hydrogens (tertiary/aromatic N) is 1. The van der Waals surface area contributed by atoms with Crippen LogP contribution in [0.15, 0.2) is 6.07 Å². The van der Waals surface area contributed by atoms with E-state index in [0.717, 1.165) is 27.9 Å². The summed E-state index contributed by atoms with van der Waals surface area (Å²) in [5.74, 6) is -0.240. The Morgan fingerprint density at radius 3 is 2.37 bits per heavy atom. The minimum absolute atomic E-state index is 0.240. The van der Waals surface area contributed by atoms with Crippen molar-refractivity contribution in [3.05, 3.63) is 28.3 Å². The summed E-state index contributed by atoms with van der Waals surface area (Å²) in [6, 6.07) is 1.92. The van der Waals surface area contributed by atoms with Crippen LogP contribution in [0.4, 0.5) is 14.5 Å². The van der Waals surface area contributed by atoms with Crippen molar-refractivity contribution in [2.45, 2.75) is 46.0 Å². The van der Waals surface area contributed by atoms with Crippen LogP contribution in [0.2, 0.25) is 0 Å². The molecule has 0 saturated heterocycles. The van der Waals surface area contributed by atoms with Crippen LogP contribution in [0.1, 0.15) is 35.6 Å². The second-order valence-corrected chi connectivity index (χ2v) is 5.63. The lowest BCUT2D eigenvalue weighted by atomic mass is 9.77. The highest BCUT2D eigenvalue weighted by Gasteiger charge is 2.48. The second kappa shape index (κ2) is 4.29. The van der Waals surface area contributed by atoms with E-state index < -0.39 is 18.3 Å². The Kier molecular flexibility index (Phi) is 3.15. The van der Waals surface area contributed by atoms with E-state index in [1.807, 2.05) is 26.8 Å². The Hall–Kier alpha value is -1.45. The molecule has 4 heteroatoms. The van der Waals surface area contributed by atoms with Gasteiger partial charge in [-0.25, -0.2) is 8.78 Å². The highest BCUT2D eigenvalue weighted by atomic mass is 19.3. The van der Waals surface area contributed by atoms with Crippen molar-refractivity contribution in [3.8, 4) is 0 Å². The number of rotatable bonds is 2. The number of fused-ring (bicyclic) bond motifs is 1. The largest absolute Gasteiger partial charge is 0.314 e. The standard InChI is InChI=1S/C15H19F2NO/c1-8-6-11-13(10(3)9(8)2)15(4,7-12(16)17)14(19)18(11)5/h6,12H,7H2,1-5H3. The van der Waals surface area contributed by atoms with Crippen LogP contribution in [0.25, 0.3) is 0 Å². The number of carbonyl (C=O) groups excluding carboxylic acids is 1. The van der Waals surface area contributed by atoms with Crippen molar-refractivity contribution in [1.29, 1.82) is 0 Å². The Morgan fingerprint density at radius 2 is 1.84 bits per heavy atom. The van der Waals surface area contributed by atoms with E-state index in [1.54, 1.807) is 14.0 Å². The second-order valence-electron chi connectivity index (χ2n) is 5.63. The van der Waals surface area contributed by atoms with Gasteiger partial charge in [-0.3, -0.25) is 4.79 Å². The molecule has 0 radical (unpaired) electrons. The Bertz CT molecular complexity index is 554. The smallest absolute Gasteiger partial charge is 0.240 e. The minimum Gasteiger partial charge on any atom is -0.314 e. The van der Waals surface area contributed by atoms with E-state index in [9.17, 15) is 13.6 Å². The van der Waals surface area contributed by atoms with Gasteiger partial charge in [0.05, 0.1) is 5.41 Å². The first-order valence-corrected chi connectivity index (χ1v) is 6.37. The van der Waals surface area contributed by atoms with E-state index in [2.05, 4.69) is 0 Å². The van der Waals surface area contributed by atoms with Crippen molar-refractivity contribution in [1.82, 2.24) is 0 Å². The zero-order valence-corrected chi connectivity index (χ0v) is 12.0. The number of anilines is 1. The van der Waals surface area contributed by atoms with Gasteiger partial charge in [0.2, 0.25) is 12.3 Å². The number of hydrogen-bond acceptors (Lipinski definition) is 1. The van der Waals surface area contributed by atoms with Crippen LogP contribution in [-0.2, 0) is 10.2 Å². The van der Waals surface area contributed by atoms with Gasteiger partial charge in [0, 0.05) is 19.2 Å². The van der Waals surface area contributed by atoms with Gasteiger partial charge < -0.3 is 4.90 Å². The van der Waals surface area contributed by atoms with Crippen molar-refractivity contribution in [3.63, 3.8) is 0 Å². The molecule has 2 rings (SSSR count). The number of carbonyl (C=O) groups is 1. The molecule has 0 aromatic heterocycles. The maximum Gasteiger partial charge on any atom is 0.240 e. The molecule has 0 spiro atoms. The van der Waals surface area contributed by atoms with Crippen LogP contribution in [0.5, 0.6) is 0 Å². The Balaban J connectivity index is 2.72. The number of hydrogen-bond donors (Lipinski definition) is 0. The van der Waals surface area contributed by atoms with E-state index in [-0.39, 0.29) is 5.91 Å². The molecule has 19 heavy (non-hydrogen) atoms. The third kappa shape index (κ3) is 1.85. The number of likely N-dealkylation sites (N-methyl/N-ethyl adjacent to an activating group) is 1. The predicted octanol–water partition coefficient (Wildman–Crippen LogP) is 3.50. The molecule has 2 nitrogen and oxygen atoms in total. The lowest BCUT2D eigenvalue weighted by Crippen LogP contribution is -2.37. The van der Waals surface area contributed by atoms with E-state index >= 15 is 0 Å². The minimum atomic E-state index is -2.49. The zero-order valence-electron chi connectivity index (χ0n) is 12.0. The quantitative estimate of drug-likeness (QED) is 0.803. The van der Waals surface area contributed by atoms with Crippen LogP contribution in [0.3, 0.4) is 0 Å². The van der Waals surface area contributed by atoms with E-state index in [0.29, 0.717) is 0 Å². The molecule has 1 amide bonds. The fourth-order valence-electron chi connectivity index (χ4n) is 3.11. The summed E-state index contributed by atoms with van der Waals surface area (Å²) in [5.41, 5.74) is 3.54. The highest BCUT2D eigenvalue weighted by Crippen LogP contribution is 2.47. The molecule has 1 aliphatic heterocycles. The maximum absolute atomic E-state index is 12.9. The lowest BCUT2D eigenvalue weighted by molar-refractivity contribution is -0.123. The molecule has 1 heterocycles. The first-order valence-electron chi connectivity index (χ1n) is 6.37. The molecule has 104 valence electrons. The molecular formula is C15H19F2NO. The molecule has 1 unspecified atom stereocenters. The van der Waals surface area contributed by atoms with Crippen molar-refractivity contribution in [2.75, 3.05) is 11.9 Å². The van der Waals surface area contributed by atoms with Crippen molar-refractivity contribution < 1.29 is 13.6 Å². The number of amides is 1. The average molecular weight is 267 g/mol. The maximum atomic E-state index is 12.9. The van der Waals surface area contributed by atoms with Crippen LogP contribution in [0, 0.1) is 20.8 Å². The predicted molar refractivity (Wildman–Crippen MR) is 72.0 cm³/mol. The Morgan fingerprint density at radius 1 is 1.26 bits per heavy atom. The fraction of sp³-hybridized carbons (Fsp3) is 0.533. The van der Waals surface area contributed by atoms with Gasteiger partial charge in [-0.2, -0.15) is 0 Å². The molecule has 1 aliphatic rings. The van der Waals surface area contributed by atoms with Gasteiger partial charge in [-0.05, 0) is 56.0 Å². The van der Waals surface area contributed by atoms with Gasteiger partial charge in [0.15, 0.2) is 0 Å². The van der Waals surface area contributed by atoms with Crippen LogP contribution in [-0.4, -0.2) is 19.4 Å². The lowest BCUT2D eigenvalue weighted by Gasteiger charge is -2.24. The van der Waals surface area contributed by atoms with Crippen molar-refractivity contribution >= 4 is 11.6 Å². The molecule has 0 N–H and O–H groups in total. The SMILES string of the molecule is Cc1cc2c(c(C)c1C)C(C)(CC(F)F)C(=O)N2C. The summed E-state index contributed by atoms with van der Waals surface area (Å²) in [6.07, 6.45) is -2.92. The number of aryl methyl sites for hydroxylation is 1. The van der Waals surface area contributed by atoms with Gasteiger partial charge in [-0.15, -0.1) is 0 Å².